The van der Waals surface area contributed by atoms with Crippen molar-refractivity contribution in [1.82, 2.24) is 0 Å². The largest absolute Gasteiger partial charge is 0.309 e. The van der Waals surface area contributed by atoms with E-state index in [-0.39, 0.29) is 10.8 Å². The Bertz CT molecular complexity index is 3000. The molecule has 0 heterocycles. The van der Waals surface area contributed by atoms with Crippen LogP contribution in [-0.4, -0.2) is 0 Å². The predicted molar refractivity (Wildman–Crippen MR) is 226 cm³/mol. The van der Waals surface area contributed by atoms with Crippen molar-refractivity contribution in [3.05, 3.63) is 186 Å². The molecule has 9 aromatic rings. The van der Waals surface area contributed by atoms with Crippen molar-refractivity contribution >= 4 is 60.2 Å². The van der Waals surface area contributed by atoms with E-state index in [9.17, 15) is 0 Å². The minimum atomic E-state index is -0.197. The van der Waals surface area contributed by atoms with E-state index in [4.69, 9.17) is 0 Å². The molecule has 0 saturated carbocycles. The number of nitrogens with zero attached hydrogens (tertiary/aromatic N) is 1. The average Bonchev–Trinajstić information content (AvgIpc) is 3.58. The van der Waals surface area contributed by atoms with Crippen LogP contribution in [-0.2, 0) is 10.8 Å². The van der Waals surface area contributed by atoms with Gasteiger partial charge in [0.05, 0.1) is 11.4 Å². The first-order chi connectivity index (χ1) is 25.8. The molecular weight excluding hydrogens is 639 g/mol. The quantitative estimate of drug-likeness (QED) is 0.180. The Hall–Kier alpha value is -6.18. The van der Waals surface area contributed by atoms with E-state index in [1.165, 1.54) is 99.0 Å². The number of rotatable bonds is 3. The Labute approximate surface area is 310 Å². The maximum Gasteiger partial charge on any atom is 0.0543 e. The van der Waals surface area contributed by atoms with Crippen LogP contribution in [0.15, 0.2) is 164 Å². The van der Waals surface area contributed by atoms with Crippen LogP contribution in [0.25, 0.3) is 65.3 Å². The van der Waals surface area contributed by atoms with Gasteiger partial charge in [-0.15, -0.1) is 0 Å². The molecule has 1 nitrogen and oxygen atoms in total. The molecule has 0 amide bonds. The van der Waals surface area contributed by atoms with Crippen LogP contribution in [0.5, 0.6) is 0 Å². The van der Waals surface area contributed by atoms with Gasteiger partial charge in [-0.2, -0.15) is 0 Å². The molecule has 0 N–H and O–H groups in total. The number of fused-ring (bicyclic) bond motifs is 14. The van der Waals surface area contributed by atoms with Crippen molar-refractivity contribution < 1.29 is 0 Å². The third-order valence-corrected chi connectivity index (χ3v) is 12.6. The lowest BCUT2D eigenvalue weighted by molar-refractivity contribution is 0.661. The molecule has 0 atom stereocenters. The molecule has 9 aromatic carbocycles. The fourth-order valence-corrected chi connectivity index (χ4v) is 10.1. The third-order valence-electron chi connectivity index (χ3n) is 12.6. The van der Waals surface area contributed by atoms with Crippen LogP contribution in [0.1, 0.15) is 49.9 Å². The summed E-state index contributed by atoms with van der Waals surface area (Å²) in [4.78, 5) is 2.56. The van der Waals surface area contributed by atoms with E-state index in [0.717, 1.165) is 5.69 Å². The zero-order valence-electron chi connectivity index (χ0n) is 30.5. The van der Waals surface area contributed by atoms with Gasteiger partial charge in [0.15, 0.2) is 0 Å². The minimum Gasteiger partial charge on any atom is -0.309 e. The van der Waals surface area contributed by atoms with Crippen LogP contribution in [0.4, 0.5) is 17.1 Å². The molecule has 0 bridgehead atoms. The Morgan fingerprint density at radius 1 is 0.358 bits per heavy atom. The molecule has 1 heteroatoms. The van der Waals surface area contributed by atoms with Gasteiger partial charge in [-0.1, -0.05) is 167 Å². The first kappa shape index (κ1) is 30.4. The zero-order valence-corrected chi connectivity index (χ0v) is 30.5. The fraction of sp³-hybridized carbons (Fsp3) is 0.115. The summed E-state index contributed by atoms with van der Waals surface area (Å²) in [6.07, 6.45) is 0. The van der Waals surface area contributed by atoms with E-state index in [1.54, 1.807) is 0 Å². The Morgan fingerprint density at radius 3 is 1.49 bits per heavy atom. The molecule has 2 aliphatic carbocycles. The molecular formula is C52H39N. The monoisotopic (exact) mass is 677 g/mol. The smallest absolute Gasteiger partial charge is 0.0543 e. The zero-order chi connectivity index (χ0) is 35.6. The van der Waals surface area contributed by atoms with Crippen molar-refractivity contribution in [3.8, 4) is 22.3 Å². The van der Waals surface area contributed by atoms with Gasteiger partial charge in [-0.3, -0.25) is 0 Å². The minimum absolute atomic E-state index is 0.180. The standard InChI is InChI=1S/C52H39N/c1-51(2)42-29-27-32-16-8-10-20-35(32)48(42)49-40-25-15-13-23-38(40)46(31-44(49)51)53(34-18-6-5-7-19-34)45-30-43-47(39-24-14-12-22-37(39)45)41-28-26-33-17-9-11-21-36(33)50(41)52(43,3)4/h5-31H,1-4H3. The Morgan fingerprint density at radius 2 is 0.830 bits per heavy atom. The number of anilines is 3. The van der Waals surface area contributed by atoms with Crippen LogP contribution in [0, 0.1) is 0 Å². The summed E-state index contributed by atoms with van der Waals surface area (Å²) in [5.41, 5.74) is 14.2. The lowest BCUT2D eigenvalue weighted by Gasteiger charge is -2.32. The summed E-state index contributed by atoms with van der Waals surface area (Å²) in [7, 11) is 0. The topological polar surface area (TPSA) is 3.24 Å². The van der Waals surface area contributed by atoms with Gasteiger partial charge in [0, 0.05) is 27.3 Å². The molecule has 252 valence electrons. The highest BCUT2D eigenvalue weighted by Crippen LogP contribution is 2.59. The van der Waals surface area contributed by atoms with Gasteiger partial charge >= 0.3 is 0 Å². The lowest BCUT2D eigenvalue weighted by Crippen LogP contribution is -2.18. The highest BCUT2D eigenvalue weighted by molar-refractivity contribution is 6.17. The molecule has 11 rings (SSSR count). The normalized spacial score (nSPS) is 14.7. The highest BCUT2D eigenvalue weighted by atomic mass is 15.1. The highest BCUT2D eigenvalue weighted by Gasteiger charge is 2.41. The summed E-state index contributed by atoms with van der Waals surface area (Å²) in [6.45, 7) is 9.66. The van der Waals surface area contributed by atoms with E-state index < -0.39 is 0 Å². The maximum atomic E-state index is 2.56. The molecule has 2 aliphatic rings. The van der Waals surface area contributed by atoms with Gasteiger partial charge in [0.2, 0.25) is 0 Å². The maximum absolute atomic E-state index is 2.56. The van der Waals surface area contributed by atoms with Crippen molar-refractivity contribution in [2.75, 3.05) is 4.90 Å². The van der Waals surface area contributed by atoms with E-state index in [1.807, 2.05) is 0 Å². The second-order valence-corrected chi connectivity index (χ2v) is 16.1. The Kier molecular flexibility index (Phi) is 6.14. The average molecular weight is 678 g/mol. The number of para-hydroxylation sites is 1. The number of benzene rings is 9. The van der Waals surface area contributed by atoms with Crippen molar-refractivity contribution in [2.24, 2.45) is 0 Å². The third kappa shape index (κ3) is 4.03. The molecule has 0 aromatic heterocycles. The molecule has 0 radical (unpaired) electrons. The molecule has 0 aliphatic heterocycles. The second kappa shape index (κ2) is 10.7. The van der Waals surface area contributed by atoms with Gasteiger partial charge in [0.1, 0.15) is 0 Å². The van der Waals surface area contributed by atoms with E-state index in [2.05, 4.69) is 196 Å². The summed E-state index contributed by atoms with van der Waals surface area (Å²) in [5.74, 6) is 0. The molecule has 0 unspecified atom stereocenters. The number of hydrogen-bond donors (Lipinski definition) is 0. The van der Waals surface area contributed by atoms with Crippen LogP contribution in [0.3, 0.4) is 0 Å². The van der Waals surface area contributed by atoms with Gasteiger partial charge in [-0.25, -0.2) is 0 Å². The SMILES string of the molecule is CC1(C)c2ccc3ccccc3c2-c2c1cc(N(c1ccccc1)c1cc3c(c4ccccc14)-c1ccc4ccccc4c1C3(C)C)c1ccccc21. The molecule has 0 saturated heterocycles. The molecule has 53 heavy (non-hydrogen) atoms. The van der Waals surface area contributed by atoms with Gasteiger partial charge in [0.25, 0.3) is 0 Å². The van der Waals surface area contributed by atoms with Crippen molar-refractivity contribution in [3.63, 3.8) is 0 Å². The summed E-state index contributed by atoms with van der Waals surface area (Å²) >= 11 is 0. The summed E-state index contributed by atoms with van der Waals surface area (Å²) in [6, 6.07) is 61.3. The van der Waals surface area contributed by atoms with Crippen LogP contribution < -0.4 is 4.90 Å². The number of hydrogen-bond acceptors (Lipinski definition) is 1. The van der Waals surface area contributed by atoms with E-state index in [0.29, 0.717) is 0 Å². The van der Waals surface area contributed by atoms with Gasteiger partial charge < -0.3 is 4.90 Å². The molecule has 0 fully saturated rings. The van der Waals surface area contributed by atoms with Gasteiger partial charge in [-0.05, 0) is 101 Å². The molecule has 0 spiro atoms. The van der Waals surface area contributed by atoms with Crippen LogP contribution in [0.2, 0.25) is 0 Å². The lowest BCUT2D eigenvalue weighted by atomic mass is 9.79. The van der Waals surface area contributed by atoms with E-state index >= 15 is 0 Å². The first-order valence-electron chi connectivity index (χ1n) is 18.9. The second-order valence-electron chi connectivity index (χ2n) is 16.1. The van der Waals surface area contributed by atoms with Crippen LogP contribution >= 0.6 is 0 Å². The first-order valence-corrected chi connectivity index (χ1v) is 18.9. The predicted octanol–water partition coefficient (Wildman–Crippen LogP) is 14.4. The van der Waals surface area contributed by atoms with Crippen molar-refractivity contribution in [1.29, 1.82) is 0 Å². The summed E-state index contributed by atoms with van der Waals surface area (Å²) < 4.78 is 0. The summed E-state index contributed by atoms with van der Waals surface area (Å²) in [5, 5.41) is 10.4. The van der Waals surface area contributed by atoms with Crippen molar-refractivity contribution in [2.45, 2.75) is 38.5 Å². The Balaban J connectivity index is 1.25. The fourth-order valence-electron chi connectivity index (χ4n) is 10.1.